The highest BCUT2D eigenvalue weighted by Gasteiger charge is 2.14. The molecule has 2 heterocycles. The largest absolute Gasteiger partial charge is 0.497 e. The van der Waals surface area contributed by atoms with Crippen LogP contribution in [0, 0.1) is 0 Å². The molecule has 0 saturated carbocycles. The van der Waals surface area contributed by atoms with Gasteiger partial charge >= 0.3 is 0 Å². The molecule has 3 rings (SSSR count). The van der Waals surface area contributed by atoms with Crippen molar-refractivity contribution in [1.29, 1.82) is 0 Å². The summed E-state index contributed by atoms with van der Waals surface area (Å²) in [6.07, 6.45) is 2.58. The van der Waals surface area contributed by atoms with Crippen LogP contribution in [0.25, 0.3) is 11.0 Å². The number of fused-ring (bicyclic) bond motifs is 1. The smallest absolute Gasteiger partial charge is 0.121 e. The maximum atomic E-state index is 5.23. The Bertz CT molecular complexity index is 516. The van der Waals surface area contributed by atoms with Crippen molar-refractivity contribution in [2.24, 2.45) is 0 Å². The Kier molecular flexibility index (Phi) is 2.68. The molecule has 90 valence electrons. The summed E-state index contributed by atoms with van der Waals surface area (Å²) in [6, 6.07) is 5.85. The first-order valence-corrected chi connectivity index (χ1v) is 5.96. The van der Waals surface area contributed by atoms with Crippen molar-refractivity contribution in [3.8, 4) is 5.75 Å². The van der Waals surface area contributed by atoms with Gasteiger partial charge in [0.25, 0.3) is 0 Å². The monoisotopic (exact) mass is 232 g/mol. The van der Waals surface area contributed by atoms with Crippen LogP contribution in [0.4, 0.5) is 0 Å². The molecule has 1 aliphatic heterocycles. The summed E-state index contributed by atoms with van der Waals surface area (Å²) in [5.41, 5.74) is 1.96. The van der Waals surface area contributed by atoms with Gasteiger partial charge in [0, 0.05) is 6.07 Å². The molecule has 1 aliphatic rings. The molecule has 0 unspecified atom stereocenters. The molecule has 0 spiro atoms. The fourth-order valence-corrected chi connectivity index (χ4v) is 2.29. The van der Waals surface area contributed by atoms with E-state index >= 15 is 0 Å². The molecule has 17 heavy (non-hydrogen) atoms. The molecule has 5 nitrogen and oxygen atoms in total. The summed E-state index contributed by atoms with van der Waals surface area (Å²) in [7, 11) is 1.68. The number of hydrogen-bond acceptors (Lipinski definition) is 4. The van der Waals surface area contributed by atoms with Crippen molar-refractivity contribution >= 4 is 11.0 Å². The van der Waals surface area contributed by atoms with E-state index in [1.807, 2.05) is 22.9 Å². The van der Waals surface area contributed by atoms with Gasteiger partial charge in [-0.2, -0.15) is 0 Å². The highest BCUT2D eigenvalue weighted by atomic mass is 16.5. The predicted molar refractivity (Wildman–Crippen MR) is 64.9 cm³/mol. The van der Waals surface area contributed by atoms with E-state index in [0.29, 0.717) is 0 Å². The second kappa shape index (κ2) is 4.33. The Morgan fingerprint density at radius 3 is 2.88 bits per heavy atom. The Morgan fingerprint density at radius 1 is 1.29 bits per heavy atom. The molecule has 1 aromatic heterocycles. The van der Waals surface area contributed by atoms with Crippen LogP contribution in [0.3, 0.4) is 0 Å². The topological polar surface area (TPSA) is 43.2 Å². The van der Waals surface area contributed by atoms with Gasteiger partial charge in [-0.05, 0) is 38.1 Å². The molecule has 0 radical (unpaired) electrons. The van der Waals surface area contributed by atoms with E-state index in [1.54, 1.807) is 7.11 Å². The van der Waals surface area contributed by atoms with E-state index in [-0.39, 0.29) is 0 Å². The number of benzene rings is 1. The SMILES string of the molecule is COc1ccc2nnn(CN3CCCC3)c2c1. The van der Waals surface area contributed by atoms with E-state index in [1.165, 1.54) is 12.8 Å². The van der Waals surface area contributed by atoms with E-state index < -0.39 is 0 Å². The molecule has 0 atom stereocenters. The Labute approximate surface area is 100.0 Å². The minimum Gasteiger partial charge on any atom is -0.497 e. The van der Waals surface area contributed by atoms with Gasteiger partial charge in [0.1, 0.15) is 11.3 Å². The number of likely N-dealkylation sites (tertiary alicyclic amines) is 1. The minimum atomic E-state index is 0.823. The van der Waals surface area contributed by atoms with Gasteiger partial charge in [0.15, 0.2) is 0 Å². The molecule has 0 N–H and O–H groups in total. The Hall–Kier alpha value is -1.62. The van der Waals surface area contributed by atoms with Crippen molar-refractivity contribution in [1.82, 2.24) is 19.9 Å². The van der Waals surface area contributed by atoms with Crippen LogP contribution < -0.4 is 4.74 Å². The van der Waals surface area contributed by atoms with Crippen LogP contribution in [-0.4, -0.2) is 40.1 Å². The zero-order chi connectivity index (χ0) is 11.7. The van der Waals surface area contributed by atoms with Gasteiger partial charge in [-0.25, -0.2) is 4.68 Å². The lowest BCUT2D eigenvalue weighted by atomic mass is 10.3. The molecule has 0 aliphatic carbocycles. The third-order valence-electron chi connectivity index (χ3n) is 3.25. The Morgan fingerprint density at radius 2 is 2.12 bits per heavy atom. The van der Waals surface area contributed by atoms with Gasteiger partial charge in [0.05, 0.1) is 19.3 Å². The number of hydrogen-bond donors (Lipinski definition) is 0. The summed E-state index contributed by atoms with van der Waals surface area (Å²) in [4.78, 5) is 2.40. The second-order valence-corrected chi connectivity index (χ2v) is 4.41. The lowest BCUT2D eigenvalue weighted by molar-refractivity contribution is 0.257. The third-order valence-corrected chi connectivity index (χ3v) is 3.25. The first-order chi connectivity index (χ1) is 8.36. The molecular weight excluding hydrogens is 216 g/mol. The summed E-state index contributed by atoms with van der Waals surface area (Å²) < 4.78 is 7.18. The molecular formula is C12H16N4O. The highest BCUT2D eigenvalue weighted by molar-refractivity contribution is 5.75. The second-order valence-electron chi connectivity index (χ2n) is 4.41. The third kappa shape index (κ3) is 1.98. The Balaban J connectivity index is 1.92. The lowest BCUT2D eigenvalue weighted by Crippen LogP contribution is -2.23. The molecule has 2 aromatic rings. The van der Waals surface area contributed by atoms with E-state index in [9.17, 15) is 0 Å². The summed E-state index contributed by atoms with van der Waals surface area (Å²) in [5, 5.41) is 8.37. The predicted octanol–water partition coefficient (Wildman–Crippen LogP) is 1.49. The molecule has 1 aromatic carbocycles. The molecule has 0 bridgehead atoms. The first kappa shape index (κ1) is 10.5. The molecule has 1 saturated heterocycles. The van der Waals surface area contributed by atoms with Gasteiger partial charge in [-0.1, -0.05) is 5.21 Å². The van der Waals surface area contributed by atoms with Crippen molar-refractivity contribution in [2.45, 2.75) is 19.5 Å². The van der Waals surface area contributed by atoms with E-state index in [2.05, 4.69) is 15.2 Å². The van der Waals surface area contributed by atoms with Gasteiger partial charge in [0.2, 0.25) is 0 Å². The summed E-state index contributed by atoms with van der Waals surface area (Å²) >= 11 is 0. The fourth-order valence-electron chi connectivity index (χ4n) is 2.29. The fraction of sp³-hybridized carbons (Fsp3) is 0.500. The average molecular weight is 232 g/mol. The highest BCUT2D eigenvalue weighted by Crippen LogP contribution is 2.19. The quantitative estimate of drug-likeness (QED) is 0.804. The zero-order valence-corrected chi connectivity index (χ0v) is 9.96. The van der Waals surface area contributed by atoms with Crippen LogP contribution in [0.5, 0.6) is 5.75 Å². The van der Waals surface area contributed by atoms with Crippen molar-refractivity contribution in [3.63, 3.8) is 0 Å². The summed E-state index contributed by atoms with van der Waals surface area (Å²) in [5.74, 6) is 0.850. The van der Waals surface area contributed by atoms with Crippen LogP contribution in [0.15, 0.2) is 18.2 Å². The van der Waals surface area contributed by atoms with Gasteiger partial charge < -0.3 is 4.74 Å². The number of ether oxygens (including phenoxy) is 1. The number of nitrogens with zero attached hydrogens (tertiary/aromatic N) is 4. The van der Waals surface area contributed by atoms with Gasteiger partial charge in [-0.3, -0.25) is 4.90 Å². The van der Waals surface area contributed by atoms with Gasteiger partial charge in [-0.15, -0.1) is 5.10 Å². The van der Waals surface area contributed by atoms with Crippen molar-refractivity contribution < 1.29 is 4.74 Å². The lowest BCUT2D eigenvalue weighted by Gasteiger charge is -2.14. The molecule has 1 fully saturated rings. The number of rotatable bonds is 3. The van der Waals surface area contributed by atoms with Crippen LogP contribution >= 0.6 is 0 Å². The average Bonchev–Trinajstić information content (AvgIpc) is 2.99. The normalized spacial score (nSPS) is 16.8. The first-order valence-electron chi connectivity index (χ1n) is 5.96. The standard InChI is InChI=1S/C12H16N4O/c1-17-10-4-5-11-12(8-10)16(14-13-11)9-15-6-2-3-7-15/h4-5,8H,2-3,6-7,9H2,1H3. The minimum absolute atomic E-state index is 0.823. The van der Waals surface area contributed by atoms with Crippen molar-refractivity contribution in [2.75, 3.05) is 20.2 Å². The van der Waals surface area contributed by atoms with Crippen LogP contribution in [-0.2, 0) is 6.67 Å². The van der Waals surface area contributed by atoms with Crippen LogP contribution in [0.1, 0.15) is 12.8 Å². The maximum Gasteiger partial charge on any atom is 0.121 e. The van der Waals surface area contributed by atoms with E-state index in [4.69, 9.17) is 4.74 Å². The van der Waals surface area contributed by atoms with E-state index in [0.717, 1.165) is 36.5 Å². The number of methoxy groups -OCH3 is 1. The number of aromatic nitrogens is 3. The molecule has 0 amide bonds. The summed E-state index contributed by atoms with van der Waals surface area (Å²) in [6.45, 7) is 3.14. The molecule has 5 heteroatoms. The van der Waals surface area contributed by atoms with Crippen LogP contribution in [0.2, 0.25) is 0 Å². The van der Waals surface area contributed by atoms with Crippen molar-refractivity contribution in [3.05, 3.63) is 18.2 Å². The maximum absolute atomic E-state index is 5.23. The zero-order valence-electron chi connectivity index (χ0n) is 9.96.